The summed E-state index contributed by atoms with van der Waals surface area (Å²) < 4.78 is 57.7. The Kier molecular flexibility index (Phi) is 8.06. The van der Waals surface area contributed by atoms with Crippen LogP contribution in [0.15, 0.2) is 112 Å². The minimum Gasteiger partial charge on any atom is -0.507 e. The normalized spacial score (nSPS) is 11.5. The highest BCUT2D eigenvalue weighted by Gasteiger charge is 2.30. The van der Waals surface area contributed by atoms with Crippen molar-refractivity contribution < 1.29 is 37.0 Å². The van der Waals surface area contributed by atoms with Crippen LogP contribution >= 0.6 is 0 Å². The molecule has 232 valence electrons. The Morgan fingerprint density at radius 1 is 0.913 bits per heavy atom. The first-order valence-electron chi connectivity index (χ1n) is 14.0. The fourth-order valence-corrected chi connectivity index (χ4v) is 4.83. The zero-order chi connectivity index (χ0) is 32.4. The number of halogens is 3. The molecule has 2 heterocycles. The molecule has 11 heteroatoms. The van der Waals surface area contributed by atoms with Crippen molar-refractivity contribution >= 4 is 16.9 Å². The molecule has 6 rings (SSSR count). The third-order valence-electron chi connectivity index (χ3n) is 7.13. The van der Waals surface area contributed by atoms with Gasteiger partial charge in [0, 0.05) is 29.3 Å². The van der Waals surface area contributed by atoms with Crippen LogP contribution in [-0.2, 0) is 22.3 Å². The standard InChI is InChI=1S/C35H25F3N2O6/c1-21-7-13-26(14-8-21)40-28(22-9-11-24(12-10-22)35(36,37)38)15-25(39-40)19-45-33(43)20-44-27-16-29(41)34-30(42)18-31(46-32(34)17-27)23-5-3-2-4-6-23/h2-18,41H,19-20H2,1H3. The Hall–Kier alpha value is -5.84. The summed E-state index contributed by atoms with van der Waals surface area (Å²) in [4.78, 5) is 25.3. The average molecular weight is 627 g/mol. The molecule has 0 unspecified atom stereocenters. The van der Waals surface area contributed by atoms with Crippen molar-refractivity contribution in [3.63, 3.8) is 0 Å². The summed E-state index contributed by atoms with van der Waals surface area (Å²) in [6.07, 6.45) is -4.47. The van der Waals surface area contributed by atoms with E-state index in [0.29, 0.717) is 34.0 Å². The molecule has 0 aliphatic heterocycles. The van der Waals surface area contributed by atoms with Crippen molar-refractivity contribution in [3.8, 4) is 39.8 Å². The van der Waals surface area contributed by atoms with Crippen LogP contribution in [0, 0.1) is 6.92 Å². The highest BCUT2D eigenvalue weighted by atomic mass is 19.4. The number of aromatic hydroxyl groups is 1. The number of benzene rings is 4. The molecule has 0 atom stereocenters. The highest BCUT2D eigenvalue weighted by molar-refractivity contribution is 5.86. The van der Waals surface area contributed by atoms with Crippen LogP contribution in [0.3, 0.4) is 0 Å². The molecule has 0 amide bonds. The van der Waals surface area contributed by atoms with E-state index in [4.69, 9.17) is 13.9 Å². The second kappa shape index (κ2) is 12.3. The number of aryl methyl sites for hydroxylation is 1. The summed E-state index contributed by atoms with van der Waals surface area (Å²) >= 11 is 0. The molecule has 0 bridgehead atoms. The van der Waals surface area contributed by atoms with Gasteiger partial charge in [-0.3, -0.25) is 4.79 Å². The van der Waals surface area contributed by atoms with Crippen molar-refractivity contribution in [2.45, 2.75) is 19.7 Å². The molecule has 2 aromatic heterocycles. The lowest BCUT2D eigenvalue weighted by Crippen LogP contribution is -2.15. The van der Waals surface area contributed by atoms with Gasteiger partial charge in [-0.25, -0.2) is 9.48 Å². The zero-order valence-corrected chi connectivity index (χ0v) is 24.2. The van der Waals surface area contributed by atoms with Gasteiger partial charge in [0.2, 0.25) is 0 Å². The predicted octanol–water partition coefficient (Wildman–Crippen LogP) is 7.47. The molecule has 0 aliphatic rings. The SMILES string of the molecule is Cc1ccc(-n2nc(COC(=O)COc3cc(O)c4c(=O)cc(-c5ccccc5)oc4c3)cc2-c2ccc(C(F)(F)F)cc2)cc1. The molecule has 6 aromatic rings. The van der Waals surface area contributed by atoms with Crippen molar-refractivity contribution in [3.05, 3.63) is 130 Å². The van der Waals surface area contributed by atoms with E-state index in [0.717, 1.165) is 17.7 Å². The first-order valence-corrected chi connectivity index (χ1v) is 14.0. The molecule has 4 aromatic carbocycles. The maximum Gasteiger partial charge on any atom is 0.416 e. The second-order valence-electron chi connectivity index (χ2n) is 10.4. The van der Waals surface area contributed by atoms with E-state index in [1.54, 1.807) is 35.0 Å². The van der Waals surface area contributed by atoms with Gasteiger partial charge in [-0.2, -0.15) is 18.3 Å². The fourth-order valence-electron chi connectivity index (χ4n) is 4.83. The number of alkyl halides is 3. The molecular weight excluding hydrogens is 601 g/mol. The molecular formula is C35H25F3N2O6. The van der Waals surface area contributed by atoms with Crippen LogP contribution in [0.2, 0.25) is 0 Å². The minimum absolute atomic E-state index is 0.0254. The largest absolute Gasteiger partial charge is 0.507 e. The average Bonchev–Trinajstić information content (AvgIpc) is 3.47. The van der Waals surface area contributed by atoms with Crippen LogP contribution in [0.1, 0.15) is 16.8 Å². The highest BCUT2D eigenvalue weighted by Crippen LogP contribution is 2.33. The monoisotopic (exact) mass is 626 g/mol. The van der Waals surface area contributed by atoms with E-state index in [1.807, 2.05) is 37.3 Å². The lowest BCUT2D eigenvalue weighted by Gasteiger charge is -2.10. The number of phenols is 1. The summed E-state index contributed by atoms with van der Waals surface area (Å²) in [5.41, 5.74) is 2.55. The smallest absolute Gasteiger partial charge is 0.416 e. The summed E-state index contributed by atoms with van der Waals surface area (Å²) in [5.74, 6) is -0.745. The van der Waals surface area contributed by atoms with Crippen LogP contribution in [0.5, 0.6) is 11.5 Å². The Balaban J connectivity index is 1.18. The number of hydrogen-bond acceptors (Lipinski definition) is 7. The van der Waals surface area contributed by atoms with E-state index in [1.165, 1.54) is 30.3 Å². The Morgan fingerprint density at radius 3 is 2.33 bits per heavy atom. The van der Waals surface area contributed by atoms with Gasteiger partial charge < -0.3 is 19.0 Å². The number of nitrogens with zero attached hydrogens (tertiary/aromatic N) is 2. The topological polar surface area (TPSA) is 104 Å². The molecule has 8 nitrogen and oxygen atoms in total. The quantitative estimate of drug-likeness (QED) is 0.175. The summed E-state index contributed by atoms with van der Waals surface area (Å²) in [5, 5.41) is 15.0. The predicted molar refractivity (Wildman–Crippen MR) is 164 cm³/mol. The Labute approximate surface area is 259 Å². The van der Waals surface area contributed by atoms with E-state index in [9.17, 15) is 27.9 Å². The van der Waals surface area contributed by atoms with Gasteiger partial charge in [-0.1, -0.05) is 60.2 Å². The number of rotatable bonds is 8. The molecule has 46 heavy (non-hydrogen) atoms. The lowest BCUT2D eigenvalue weighted by atomic mass is 10.1. The van der Waals surface area contributed by atoms with Crippen LogP contribution < -0.4 is 10.2 Å². The number of esters is 1. The van der Waals surface area contributed by atoms with Gasteiger partial charge in [0.05, 0.1) is 16.9 Å². The van der Waals surface area contributed by atoms with E-state index in [2.05, 4.69) is 5.10 Å². The minimum atomic E-state index is -4.47. The molecule has 0 spiro atoms. The zero-order valence-electron chi connectivity index (χ0n) is 24.2. The lowest BCUT2D eigenvalue weighted by molar-refractivity contribution is -0.147. The van der Waals surface area contributed by atoms with Crippen molar-refractivity contribution in [1.82, 2.24) is 9.78 Å². The van der Waals surface area contributed by atoms with Gasteiger partial charge >= 0.3 is 12.1 Å². The summed E-state index contributed by atoms with van der Waals surface area (Å²) in [7, 11) is 0. The van der Waals surface area contributed by atoms with Gasteiger partial charge in [0.25, 0.3) is 0 Å². The van der Waals surface area contributed by atoms with Crippen molar-refractivity contribution in [1.29, 1.82) is 0 Å². The van der Waals surface area contributed by atoms with Crippen LogP contribution in [-0.4, -0.2) is 27.5 Å². The molecule has 0 saturated heterocycles. The van der Waals surface area contributed by atoms with Gasteiger partial charge in [0.15, 0.2) is 12.0 Å². The second-order valence-corrected chi connectivity index (χ2v) is 10.4. The maximum atomic E-state index is 13.1. The third-order valence-corrected chi connectivity index (χ3v) is 7.13. The van der Waals surface area contributed by atoms with E-state index >= 15 is 0 Å². The summed E-state index contributed by atoms with van der Waals surface area (Å²) in [6, 6.07) is 26.6. The molecule has 0 saturated carbocycles. The molecule has 0 aliphatic carbocycles. The molecule has 0 fully saturated rings. The van der Waals surface area contributed by atoms with Gasteiger partial charge in [-0.15, -0.1) is 0 Å². The fraction of sp³-hybridized carbons (Fsp3) is 0.114. The first-order chi connectivity index (χ1) is 22.0. The van der Waals surface area contributed by atoms with Gasteiger partial charge in [-0.05, 0) is 37.3 Å². The van der Waals surface area contributed by atoms with Gasteiger partial charge in [0.1, 0.15) is 40.5 Å². The Morgan fingerprint density at radius 2 is 1.63 bits per heavy atom. The van der Waals surface area contributed by atoms with E-state index < -0.39 is 29.7 Å². The number of fused-ring (bicyclic) bond motifs is 1. The van der Waals surface area contributed by atoms with Crippen molar-refractivity contribution in [2.75, 3.05) is 6.61 Å². The third kappa shape index (κ3) is 6.48. The number of carbonyl (C=O) groups is 1. The van der Waals surface area contributed by atoms with E-state index in [-0.39, 0.29) is 29.1 Å². The van der Waals surface area contributed by atoms with Crippen LogP contribution in [0.4, 0.5) is 13.2 Å². The number of ether oxygens (including phenoxy) is 2. The van der Waals surface area contributed by atoms with Crippen LogP contribution in [0.25, 0.3) is 39.2 Å². The molecule has 0 radical (unpaired) electrons. The van der Waals surface area contributed by atoms with Crippen molar-refractivity contribution in [2.24, 2.45) is 0 Å². The number of carbonyl (C=O) groups excluding carboxylic acids is 1. The summed E-state index contributed by atoms with van der Waals surface area (Å²) in [6.45, 7) is 1.15. The maximum absolute atomic E-state index is 13.1. The number of phenolic OH excluding ortho intramolecular Hbond substituents is 1. The first kappa shape index (κ1) is 30.2. The number of aromatic nitrogens is 2. The molecule has 1 N–H and O–H groups in total. The number of hydrogen-bond donors (Lipinski definition) is 1. The Bertz CT molecular complexity index is 2090.